The molecule has 0 fully saturated rings. The molecule has 7 nitrogen and oxygen atoms in total. The van der Waals surface area contributed by atoms with Gasteiger partial charge in [0.05, 0.1) is 18.3 Å². The second-order valence-corrected chi connectivity index (χ2v) is 4.24. The van der Waals surface area contributed by atoms with Crippen molar-refractivity contribution in [2.45, 2.75) is 25.8 Å². The molecule has 1 atom stereocenters. The number of carbonyl (C=O) groups is 2. The highest BCUT2D eigenvalue weighted by Gasteiger charge is 2.15. The quantitative estimate of drug-likeness (QED) is 0.706. The van der Waals surface area contributed by atoms with E-state index in [9.17, 15) is 9.59 Å². The van der Waals surface area contributed by atoms with Crippen molar-refractivity contribution in [1.82, 2.24) is 10.3 Å². The Morgan fingerprint density at radius 3 is 2.85 bits per heavy atom. The molecule has 1 aromatic heterocycles. The maximum atomic E-state index is 11.8. The van der Waals surface area contributed by atoms with Gasteiger partial charge in [-0.2, -0.15) is 0 Å². The number of methoxy groups -OCH3 is 1. The molecule has 0 spiro atoms. The van der Waals surface area contributed by atoms with E-state index in [0.29, 0.717) is 6.61 Å². The number of ether oxygens (including phenoxy) is 1. The minimum absolute atomic E-state index is 0.116. The molecule has 1 aromatic rings. The lowest BCUT2D eigenvalue weighted by Crippen LogP contribution is -2.40. The van der Waals surface area contributed by atoms with Gasteiger partial charge < -0.3 is 20.5 Å². The highest BCUT2D eigenvalue weighted by molar-refractivity contribution is 5.98. The number of carboxylic acid groups (broad SMARTS) is 1. The molecule has 0 saturated heterocycles. The fraction of sp³-hybridized carbons (Fsp3) is 0.462. The predicted molar refractivity (Wildman–Crippen MR) is 73.9 cm³/mol. The summed E-state index contributed by atoms with van der Waals surface area (Å²) >= 11 is 0. The van der Waals surface area contributed by atoms with Gasteiger partial charge in [-0.3, -0.25) is 0 Å². The van der Waals surface area contributed by atoms with Crippen LogP contribution in [0, 0.1) is 0 Å². The first-order chi connectivity index (χ1) is 9.58. The van der Waals surface area contributed by atoms with Crippen molar-refractivity contribution in [2.75, 3.05) is 19.0 Å². The van der Waals surface area contributed by atoms with Gasteiger partial charge in [0.1, 0.15) is 0 Å². The number of nitrogens with one attached hydrogen (secondary N) is 2. The second kappa shape index (κ2) is 8.11. The van der Waals surface area contributed by atoms with Crippen LogP contribution in [0.4, 0.5) is 10.5 Å². The lowest BCUT2D eigenvalue weighted by Gasteiger charge is -2.17. The average molecular weight is 281 g/mol. The van der Waals surface area contributed by atoms with Gasteiger partial charge in [-0.05, 0) is 18.6 Å². The highest BCUT2D eigenvalue weighted by Crippen LogP contribution is 2.11. The number of amides is 2. The van der Waals surface area contributed by atoms with Crippen LogP contribution in [-0.4, -0.2) is 41.8 Å². The Kier molecular flexibility index (Phi) is 6.45. The molecule has 0 aliphatic rings. The summed E-state index contributed by atoms with van der Waals surface area (Å²) in [6, 6.07) is 2.45. The number of anilines is 1. The molecule has 110 valence electrons. The van der Waals surface area contributed by atoms with Crippen LogP contribution in [0.1, 0.15) is 30.3 Å². The van der Waals surface area contributed by atoms with Crippen molar-refractivity contribution in [3.63, 3.8) is 0 Å². The first-order valence-electron chi connectivity index (χ1n) is 6.33. The van der Waals surface area contributed by atoms with E-state index in [0.717, 1.165) is 12.8 Å². The molecular weight excluding hydrogens is 262 g/mol. The van der Waals surface area contributed by atoms with Crippen LogP contribution in [0.15, 0.2) is 18.3 Å². The SMILES string of the molecule is CCCC(COC)NC(=O)Nc1cccnc1C(=O)O. The maximum absolute atomic E-state index is 11.8. The molecule has 1 unspecified atom stereocenters. The molecule has 20 heavy (non-hydrogen) atoms. The van der Waals surface area contributed by atoms with Crippen molar-refractivity contribution in [1.29, 1.82) is 0 Å². The monoisotopic (exact) mass is 281 g/mol. The summed E-state index contributed by atoms with van der Waals surface area (Å²) in [5, 5.41) is 14.2. The number of hydrogen-bond donors (Lipinski definition) is 3. The summed E-state index contributed by atoms with van der Waals surface area (Å²) in [6.07, 6.45) is 3.04. The third-order valence-electron chi connectivity index (χ3n) is 2.60. The Bertz CT molecular complexity index is 459. The Labute approximate surface area is 117 Å². The molecule has 1 rings (SSSR count). The average Bonchev–Trinajstić information content (AvgIpc) is 2.39. The number of hydrogen-bond acceptors (Lipinski definition) is 4. The number of rotatable bonds is 7. The molecule has 3 N–H and O–H groups in total. The first-order valence-corrected chi connectivity index (χ1v) is 6.33. The topological polar surface area (TPSA) is 101 Å². The first kappa shape index (κ1) is 15.9. The number of urea groups is 1. The van der Waals surface area contributed by atoms with Crippen LogP contribution < -0.4 is 10.6 Å². The fourth-order valence-electron chi connectivity index (χ4n) is 1.77. The smallest absolute Gasteiger partial charge is 0.356 e. The molecule has 0 saturated carbocycles. The predicted octanol–water partition coefficient (Wildman–Crippen LogP) is 1.72. The van der Waals surface area contributed by atoms with E-state index in [1.165, 1.54) is 12.3 Å². The van der Waals surface area contributed by atoms with Crippen molar-refractivity contribution >= 4 is 17.7 Å². The molecule has 2 amide bonds. The summed E-state index contributed by atoms with van der Waals surface area (Å²) in [4.78, 5) is 26.5. The largest absolute Gasteiger partial charge is 0.476 e. The summed E-state index contributed by atoms with van der Waals surface area (Å²) in [6.45, 7) is 2.41. The van der Waals surface area contributed by atoms with E-state index in [1.807, 2.05) is 6.92 Å². The van der Waals surface area contributed by atoms with Gasteiger partial charge in [-0.15, -0.1) is 0 Å². The molecule has 1 heterocycles. The van der Waals surface area contributed by atoms with Crippen molar-refractivity contribution in [2.24, 2.45) is 0 Å². The van der Waals surface area contributed by atoms with Crippen molar-refractivity contribution in [3.05, 3.63) is 24.0 Å². The van der Waals surface area contributed by atoms with Gasteiger partial charge in [-0.25, -0.2) is 14.6 Å². The van der Waals surface area contributed by atoms with Crippen molar-refractivity contribution < 1.29 is 19.4 Å². The lowest BCUT2D eigenvalue weighted by atomic mass is 10.2. The van der Waals surface area contributed by atoms with Crippen LogP contribution in [0.3, 0.4) is 0 Å². The molecule has 0 radical (unpaired) electrons. The number of pyridine rings is 1. The zero-order valence-corrected chi connectivity index (χ0v) is 11.5. The number of carboxylic acids is 1. The van der Waals surface area contributed by atoms with E-state index in [1.54, 1.807) is 13.2 Å². The van der Waals surface area contributed by atoms with E-state index in [4.69, 9.17) is 9.84 Å². The van der Waals surface area contributed by atoms with Crippen LogP contribution in [0.2, 0.25) is 0 Å². The van der Waals surface area contributed by atoms with Gasteiger partial charge in [0.15, 0.2) is 5.69 Å². The number of aromatic carboxylic acids is 1. The van der Waals surface area contributed by atoms with Gasteiger partial charge in [-0.1, -0.05) is 13.3 Å². The van der Waals surface area contributed by atoms with Crippen LogP contribution in [-0.2, 0) is 4.74 Å². The Balaban J connectivity index is 2.68. The van der Waals surface area contributed by atoms with E-state index in [-0.39, 0.29) is 17.4 Å². The van der Waals surface area contributed by atoms with E-state index < -0.39 is 12.0 Å². The number of nitrogens with zero attached hydrogens (tertiary/aromatic N) is 1. The summed E-state index contributed by atoms with van der Waals surface area (Å²) in [5.74, 6) is -1.19. The Morgan fingerprint density at radius 1 is 1.50 bits per heavy atom. The molecule has 0 aromatic carbocycles. The molecule has 0 aliphatic carbocycles. The van der Waals surface area contributed by atoms with E-state index in [2.05, 4.69) is 15.6 Å². The zero-order chi connectivity index (χ0) is 15.0. The Hall–Kier alpha value is -2.15. The standard InChI is InChI=1S/C13H19N3O4/c1-3-5-9(8-20-2)15-13(19)16-10-6-4-7-14-11(10)12(17)18/h4,6-7,9H,3,5,8H2,1-2H3,(H,17,18)(H2,15,16,19). The summed E-state index contributed by atoms with van der Waals surface area (Å²) in [7, 11) is 1.56. The number of aromatic nitrogens is 1. The molecule has 0 aliphatic heterocycles. The minimum Gasteiger partial charge on any atom is -0.476 e. The lowest BCUT2D eigenvalue weighted by molar-refractivity contribution is 0.0691. The van der Waals surface area contributed by atoms with Gasteiger partial charge in [0.2, 0.25) is 0 Å². The third-order valence-corrected chi connectivity index (χ3v) is 2.60. The Morgan fingerprint density at radius 2 is 2.25 bits per heavy atom. The van der Waals surface area contributed by atoms with Crippen molar-refractivity contribution in [3.8, 4) is 0 Å². The van der Waals surface area contributed by atoms with Gasteiger partial charge in [0.25, 0.3) is 0 Å². The van der Waals surface area contributed by atoms with Crippen LogP contribution >= 0.6 is 0 Å². The highest BCUT2D eigenvalue weighted by atomic mass is 16.5. The molecule has 7 heteroatoms. The number of carbonyl (C=O) groups excluding carboxylic acids is 1. The van der Waals surface area contributed by atoms with Crippen LogP contribution in [0.25, 0.3) is 0 Å². The summed E-state index contributed by atoms with van der Waals surface area (Å²) < 4.78 is 5.02. The fourth-order valence-corrected chi connectivity index (χ4v) is 1.77. The maximum Gasteiger partial charge on any atom is 0.356 e. The van der Waals surface area contributed by atoms with Crippen LogP contribution in [0.5, 0.6) is 0 Å². The second-order valence-electron chi connectivity index (χ2n) is 4.24. The molecule has 0 bridgehead atoms. The normalized spacial score (nSPS) is 11.7. The minimum atomic E-state index is -1.19. The van der Waals surface area contributed by atoms with Gasteiger partial charge in [0, 0.05) is 13.3 Å². The van der Waals surface area contributed by atoms with Gasteiger partial charge >= 0.3 is 12.0 Å². The third kappa shape index (κ3) is 4.85. The van der Waals surface area contributed by atoms with E-state index >= 15 is 0 Å². The molecular formula is C13H19N3O4. The zero-order valence-electron chi connectivity index (χ0n) is 11.5. The summed E-state index contributed by atoms with van der Waals surface area (Å²) in [5.41, 5.74) is -0.0356.